The van der Waals surface area contributed by atoms with Crippen LogP contribution in [0.2, 0.25) is 0 Å². The zero-order valence-electron chi connectivity index (χ0n) is 11.9. The van der Waals surface area contributed by atoms with Gasteiger partial charge in [0.05, 0.1) is 6.54 Å². The molecule has 1 atom stereocenters. The van der Waals surface area contributed by atoms with E-state index < -0.39 is 11.9 Å². The molecule has 1 fully saturated rings. The average molecular weight is 341 g/mol. The molecular weight excluding hydrogens is 328 g/mol. The summed E-state index contributed by atoms with van der Waals surface area (Å²) in [4.78, 5) is 29.9. The lowest BCUT2D eigenvalue weighted by atomic mass is 10.2. The van der Waals surface area contributed by atoms with Crippen LogP contribution in [0, 0.1) is 0 Å². The smallest absolute Gasteiger partial charge is 0.387 e. The number of hydrogen-bond acceptors (Lipinski definition) is 5. The second-order valence-corrected chi connectivity index (χ2v) is 6.09. The second kappa shape index (κ2) is 6.53. The van der Waals surface area contributed by atoms with Crippen molar-refractivity contribution >= 4 is 34.4 Å². The number of ether oxygens (including phenoxy) is 1. The number of thioether (sulfide) groups is 1. The Bertz CT molecular complexity index is 651. The Morgan fingerprint density at radius 3 is 2.83 bits per heavy atom. The molecule has 0 aromatic heterocycles. The summed E-state index contributed by atoms with van der Waals surface area (Å²) in [5.41, 5.74) is 0.449. The van der Waals surface area contributed by atoms with Crippen LogP contribution in [0.25, 0.3) is 0 Å². The van der Waals surface area contributed by atoms with Crippen LogP contribution in [-0.2, 0) is 9.59 Å². The Labute approximate surface area is 134 Å². The molecule has 2 aliphatic heterocycles. The van der Waals surface area contributed by atoms with E-state index in [0.717, 1.165) is 0 Å². The van der Waals surface area contributed by atoms with Gasteiger partial charge in [0.1, 0.15) is 11.0 Å². The maximum Gasteiger partial charge on any atom is 0.387 e. The Morgan fingerprint density at radius 2 is 2.17 bits per heavy atom. The molecule has 0 spiro atoms. The summed E-state index contributed by atoms with van der Waals surface area (Å²) in [7, 11) is 0. The molecule has 1 unspecified atom stereocenters. The van der Waals surface area contributed by atoms with E-state index in [-0.39, 0.29) is 24.0 Å². The van der Waals surface area contributed by atoms with E-state index in [1.54, 1.807) is 4.90 Å². The Morgan fingerprint density at radius 1 is 1.43 bits per heavy atom. The number of hydrogen-bond donors (Lipinski definition) is 1. The molecule has 122 valence electrons. The highest BCUT2D eigenvalue weighted by Gasteiger charge is 2.40. The molecule has 0 radical (unpaired) electrons. The summed E-state index contributed by atoms with van der Waals surface area (Å²) in [6, 6.07) is 5.59. The third-order valence-electron chi connectivity index (χ3n) is 3.32. The maximum atomic E-state index is 12.1. The standard InChI is InChI=1S/C14H13F2N3O3S/c15-13(16)22-9-3-1-8(2-4-9)18-11(20)7-10-12(21)19-6-5-17-14(19)23-10/h1-4,10,13H,5-7H2,(H,18,20). The summed E-state index contributed by atoms with van der Waals surface area (Å²) in [5, 5.41) is 2.85. The topological polar surface area (TPSA) is 71.0 Å². The fourth-order valence-electron chi connectivity index (χ4n) is 2.31. The van der Waals surface area contributed by atoms with E-state index in [1.807, 2.05) is 0 Å². The average Bonchev–Trinajstić information content (AvgIpc) is 3.05. The number of carbonyl (C=O) groups is 2. The molecule has 2 heterocycles. The number of carbonyl (C=O) groups excluding carboxylic acids is 2. The van der Waals surface area contributed by atoms with Crippen molar-refractivity contribution in [1.82, 2.24) is 4.90 Å². The summed E-state index contributed by atoms with van der Waals surface area (Å²) in [5.74, 6) is -0.402. The first-order valence-corrected chi connectivity index (χ1v) is 7.78. The summed E-state index contributed by atoms with van der Waals surface area (Å²) >= 11 is 1.30. The minimum absolute atomic E-state index is 0.0122. The lowest BCUT2D eigenvalue weighted by Gasteiger charge is -2.11. The predicted octanol–water partition coefficient (Wildman–Crippen LogP) is 1.93. The van der Waals surface area contributed by atoms with Crippen LogP contribution in [0.4, 0.5) is 14.5 Å². The number of alkyl halides is 2. The molecule has 0 bridgehead atoms. The van der Waals surface area contributed by atoms with Crippen molar-refractivity contribution in [2.45, 2.75) is 18.3 Å². The first-order chi connectivity index (χ1) is 11.0. The summed E-state index contributed by atoms with van der Waals surface area (Å²) < 4.78 is 28.3. The van der Waals surface area contributed by atoms with Gasteiger partial charge in [-0.2, -0.15) is 8.78 Å². The second-order valence-electron chi connectivity index (χ2n) is 4.92. The molecule has 1 aromatic rings. The van der Waals surface area contributed by atoms with Gasteiger partial charge in [0.15, 0.2) is 5.17 Å². The largest absolute Gasteiger partial charge is 0.435 e. The van der Waals surface area contributed by atoms with Gasteiger partial charge in [0, 0.05) is 18.7 Å². The lowest BCUT2D eigenvalue weighted by Crippen LogP contribution is -2.32. The highest BCUT2D eigenvalue weighted by atomic mass is 32.2. The highest BCUT2D eigenvalue weighted by molar-refractivity contribution is 8.15. The van der Waals surface area contributed by atoms with Gasteiger partial charge in [-0.25, -0.2) is 0 Å². The van der Waals surface area contributed by atoms with E-state index in [2.05, 4.69) is 15.0 Å². The number of nitrogens with zero attached hydrogens (tertiary/aromatic N) is 2. The number of halogens is 2. The quantitative estimate of drug-likeness (QED) is 0.888. The Balaban J connectivity index is 1.54. The molecule has 9 heteroatoms. The number of benzene rings is 1. The lowest BCUT2D eigenvalue weighted by molar-refractivity contribution is -0.127. The van der Waals surface area contributed by atoms with Crippen molar-refractivity contribution in [1.29, 1.82) is 0 Å². The number of amidine groups is 1. The molecule has 0 aliphatic carbocycles. The van der Waals surface area contributed by atoms with Crippen LogP contribution in [0.15, 0.2) is 29.3 Å². The number of aliphatic imine (C=N–C) groups is 1. The fourth-order valence-corrected chi connectivity index (χ4v) is 3.50. The molecule has 0 saturated carbocycles. The molecule has 3 rings (SSSR count). The molecule has 2 amide bonds. The number of rotatable bonds is 5. The minimum atomic E-state index is -2.89. The normalized spacial score (nSPS) is 19.8. The zero-order chi connectivity index (χ0) is 16.4. The van der Waals surface area contributed by atoms with Crippen molar-refractivity contribution in [2.24, 2.45) is 4.99 Å². The van der Waals surface area contributed by atoms with Crippen LogP contribution in [0.3, 0.4) is 0 Å². The predicted molar refractivity (Wildman–Crippen MR) is 81.7 cm³/mol. The van der Waals surface area contributed by atoms with Crippen molar-refractivity contribution in [3.8, 4) is 5.75 Å². The van der Waals surface area contributed by atoms with Gasteiger partial charge in [-0.3, -0.25) is 19.5 Å². The first-order valence-electron chi connectivity index (χ1n) is 6.90. The van der Waals surface area contributed by atoms with Crippen LogP contribution in [-0.4, -0.2) is 46.8 Å². The van der Waals surface area contributed by atoms with Crippen LogP contribution in [0.5, 0.6) is 5.75 Å². The van der Waals surface area contributed by atoms with Gasteiger partial charge >= 0.3 is 6.61 Å². The molecular formula is C14H13F2N3O3S. The Kier molecular flexibility index (Phi) is 4.46. The van der Waals surface area contributed by atoms with Crippen molar-refractivity contribution in [3.05, 3.63) is 24.3 Å². The molecule has 1 aromatic carbocycles. The fraction of sp³-hybridized carbons (Fsp3) is 0.357. The molecule has 23 heavy (non-hydrogen) atoms. The summed E-state index contributed by atoms with van der Waals surface area (Å²) in [6.07, 6.45) is 0.0360. The number of nitrogens with one attached hydrogen (secondary N) is 1. The first kappa shape index (κ1) is 15.7. The third kappa shape index (κ3) is 3.61. The van der Waals surface area contributed by atoms with E-state index in [9.17, 15) is 18.4 Å². The molecule has 6 nitrogen and oxygen atoms in total. The van der Waals surface area contributed by atoms with Gasteiger partial charge in [-0.05, 0) is 24.3 Å². The number of amides is 2. The van der Waals surface area contributed by atoms with Crippen molar-refractivity contribution in [2.75, 3.05) is 18.4 Å². The number of fused-ring (bicyclic) bond motifs is 1. The SMILES string of the molecule is O=C(CC1SC2=NCCN2C1=O)Nc1ccc(OC(F)F)cc1. The van der Waals surface area contributed by atoms with Crippen LogP contribution in [0.1, 0.15) is 6.42 Å². The number of anilines is 1. The van der Waals surface area contributed by atoms with Gasteiger partial charge < -0.3 is 10.1 Å². The zero-order valence-corrected chi connectivity index (χ0v) is 12.7. The van der Waals surface area contributed by atoms with Crippen LogP contribution < -0.4 is 10.1 Å². The monoisotopic (exact) mass is 341 g/mol. The van der Waals surface area contributed by atoms with Gasteiger partial charge in [0.25, 0.3) is 0 Å². The van der Waals surface area contributed by atoms with E-state index in [1.165, 1.54) is 36.0 Å². The van der Waals surface area contributed by atoms with Gasteiger partial charge in [0.2, 0.25) is 11.8 Å². The molecule has 2 aliphatic rings. The Hall–Kier alpha value is -2.16. The van der Waals surface area contributed by atoms with E-state index >= 15 is 0 Å². The molecule has 1 saturated heterocycles. The minimum Gasteiger partial charge on any atom is -0.435 e. The van der Waals surface area contributed by atoms with Crippen LogP contribution >= 0.6 is 11.8 Å². The third-order valence-corrected chi connectivity index (χ3v) is 4.54. The summed E-state index contributed by atoms with van der Waals surface area (Å²) in [6.45, 7) is -1.71. The van der Waals surface area contributed by atoms with Gasteiger partial charge in [-0.1, -0.05) is 11.8 Å². The van der Waals surface area contributed by atoms with Gasteiger partial charge in [-0.15, -0.1) is 0 Å². The van der Waals surface area contributed by atoms with E-state index in [4.69, 9.17) is 0 Å². The van der Waals surface area contributed by atoms with Crippen molar-refractivity contribution < 1.29 is 23.1 Å². The molecule has 1 N–H and O–H groups in total. The highest BCUT2D eigenvalue weighted by Crippen LogP contribution is 2.31. The maximum absolute atomic E-state index is 12.1. The van der Waals surface area contributed by atoms with E-state index in [0.29, 0.717) is 23.9 Å². The van der Waals surface area contributed by atoms with Crippen molar-refractivity contribution in [3.63, 3.8) is 0 Å².